The Bertz CT molecular complexity index is 1330. The third-order valence-electron chi connectivity index (χ3n) is 8.21. The summed E-state index contributed by atoms with van der Waals surface area (Å²) in [6.07, 6.45) is 8.08. The maximum absolute atomic E-state index is 12.8. The number of benzene rings is 1. The maximum atomic E-state index is 12.8. The van der Waals surface area contributed by atoms with Gasteiger partial charge in [-0.3, -0.25) is 14.8 Å². The topological polar surface area (TPSA) is 90.9 Å². The lowest BCUT2D eigenvalue weighted by Crippen LogP contribution is -2.48. The van der Waals surface area contributed by atoms with Gasteiger partial charge in [-0.05, 0) is 100 Å². The van der Waals surface area contributed by atoms with Crippen molar-refractivity contribution in [1.29, 1.82) is 0 Å². The number of pyridine rings is 2. The molecule has 2 aromatic heterocycles. The second kappa shape index (κ2) is 14.3. The molecule has 1 N–H and O–H groups in total. The average molecular weight is 573 g/mol. The largest absolute Gasteiger partial charge is 0.414 e. The summed E-state index contributed by atoms with van der Waals surface area (Å²) in [7, 11) is 3.34. The fourth-order valence-electron chi connectivity index (χ4n) is 5.52. The van der Waals surface area contributed by atoms with Crippen LogP contribution < -0.4 is 15.0 Å². The van der Waals surface area contributed by atoms with Gasteiger partial charge in [-0.25, -0.2) is 4.79 Å². The van der Waals surface area contributed by atoms with E-state index in [0.29, 0.717) is 29.9 Å². The van der Waals surface area contributed by atoms with E-state index in [4.69, 9.17) is 4.74 Å². The van der Waals surface area contributed by atoms with Gasteiger partial charge in [-0.2, -0.15) is 0 Å². The van der Waals surface area contributed by atoms with E-state index in [0.717, 1.165) is 55.8 Å². The Balaban J connectivity index is 1.37. The van der Waals surface area contributed by atoms with Gasteiger partial charge in [-0.15, -0.1) is 0 Å². The van der Waals surface area contributed by atoms with Crippen molar-refractivity contribution in [3.8, 4) is 5.75 Å². The molecule has 1 saturated heterocycles. The molecule has 4 rings (SSSR count). The molecule has 3 heterocycles. The number of aromatic nitrogens is 2. The third kappa shape index (κ3) is 7.85. The van der Waals surface area contributed by atoms with Crippen LogP contribution in [0.25, 0.3) is 0 Å². The first-order valence-electron chi connectivity index (χ1n) is 14.7. The SMILES string of the molecule is Cc1ccncc1CN(c1ccc(OC(=O)N(C)C)cc1)C1CCN(C(C)CCNC(=O)c2c(C)ccnc2C)CC1. The van der Waals surface area contributed by atoms with Crippen molar-refractivity contribution in [2.24, 2.45) is 0 Å². The van der Waals surface area contributed by atoms with Crippen LogP contribution >= 0.6 is 0 Å². The maximum Gasteiger partial charge on any atom is 0.414 e. The van der Waals surface area contributed by atoms with Crippen molar-refractivity contribution >= 4 is 17.7 Å². The lowest BCUT2D eigenvalue weighted by molar-refractivity contribution is 0.0943. The predicted octanol–water partition coefficient (Wildman–Crippen LogP) is 5.14. The molecule has 1 aromatic carbocycles. The van der Waals surface area contributed by atoms with Crippen LogP contribution in [0.4, 0.5) is 10.5 Å². The monoisotopic (exact) mass is 572 g/mol. The van der Waals surface area contributed by atoms with Gasteiger partial charge in [0.2, 0.25) is 0 Å². The molecule has 1 aliphatic rings. The average Bonchev–Trinajstić information content (AvgIpc) is 2.97. The van der Waals surface area contributed by atoms with E-state index in [2.05, 4.69) is 45.0 Å². The molecule has 9 heteroatoms. The number of likely N-dealkylation sites (tertiary alicyclic amines) is 1. The van der Waals surface area contributed by atoms with E-state index in [1.807, 2.05) is 56.6 Å². The molecule has 1 atom stereocenters. The van der Waals surface area contributed by atoms with Crippen LogP contribution in [-0.4, -0.2) is 77.6 Å². The van der Waals surface area contributed by atoms with Crippen LogP contribution in [-0.2, 0) is 6.54 Å². The summed E-state index contributed by atoms with van der Waals surface area (Å²) in [4.78, 5) is 39.8. The number of nitrogens with one attached hydrogen (secondary N) is 1. The molecule has 0 spiro atoms. The molecular formula is C33H44N6O3. The van der Waals surface area contributed by atoms with E-state index in [1.54, 1.807) is 20.3 Å². The molecule has 0 bridgehead atoms. The normalized spacial score (nSPS) is 14.7. The third-order valence-corrected chi connectivity index (χ3v) is 8.21. The highest BCUT2D eigenvalue weighted by molar-refractivity contribution is 5.96. The van der Waals surface area contributed by atoms with E-state index in [1.165, 1.54) is 16.0 Å². The van der Waals surface area contributed by atoms with Gasteiger partial charge in [0.1, 0.15) is 5.75 Å². The summed E-state index contributed by atoms with van der Waals surface area (Å²) < 4.78 is 5.44. The Labute approximate surface area is 249 Å². The molecule has 0 saturated carbocycles. The number of aryl methyl sites for hydroxylation is 3. The number of carbonyl (C=O) groups is 2. The zero-order valence-electron chi connectivity index (χ0n) is 25.8. The van der Waals surface area contributed by atoms with Gasteiger partial charge in [0, 0.05) is 76.6 Å². The van der Waals surface area contributed by atoms with Gasteiger partial charge < -0.3 is 24.8 Å². The predicted molar refractivity (Wildman–Crippen MR) is 166 cm³/mol. The first-order valence-corrected chi connectivity index (χ1v) is 14.7. The minimum absolute atomic E-state index is 0.0483. The van der Waals surface area contributed by atoms with Crippen molar-refractivity contribution in [3.05, 3.63) is 82.9 Å². The molecule has 3 aromatic rings. The first-order chi connectivity index (χ1) is 20.1. The summed E-state index contributed by atoms with van der Waals surface area (Å²) in [6, 6.07) is 12.4. The van der Waals surface area contributed by atoms with Crippen LogP contribution in [0.1, 0.15) is 58.9 Å². The Morgan fingerprint density at radius 3 is 2.36 bits per heavy atom. The summed E-state index contributed by atoms with van der Waals surface area (Å²) in [5.74, 6) is 0.479. The fraction of sp³-hybridized carbons (Fsp3) is 0.455. The highest BCUT2D eigenvalue weighted by Gasteiger charge is 2.28. The number of ether oxygens (including phenoxy) is 1. The van der Waals surface area contributed by atoms with E-state index >= 15 is 0 Å². The Kier molecular flexibility index (Phi) is 10.5. The number of piperidine rings is 1. The summed E-state index contributed by atoms with van der Waals surface area (Å²) in [5.41, 5.74) is 5.91. The van der Waals surface area contributed by atoms with Crippen LogP contribution in [0.3, 0.4) is 0 Å². The second-order valence-electron chi connectivity index (χ2n) is 11.4. The van der Waals surface area contributed by atoms with Crippen molar-refractivity contribution < 1.29 is 14.3 Å². The number of amides is 2. The smallest absolute Gasteiger partial charge is 0.410 e. The summed E-state index contributed by atoms with van der Waals surface area (Å²) >= 11 is 0. The van der Waals surface area contributed by atoms with Gasteiger partial charge in [-0.1, -0.05) is 0 Å². The zero-order chi connectivity index (χ0) is 30.2. The Morgan fingerprint density at radius 1 is 1.02 bits per heavy atom. The number of carbonyl (C=O) groups excluding carboxylic acids is 2. The molecule has 42 heavy (non-hydrogen) atoms. The lowest BCUT2D eigenvalue weighted by Gasteiger charge is -2.42. The quantitative estimate of drug-likeness (QED) is 0.360. The standard InChI is InChI=1S/C33H44N6O3/c1-23-11-16-34-21-27(23)22-39(28-7-9-30(10-8-28)42-33(41)37(5)6)29-14-19-38(20-15-29)25(3)13-18-36-32(40)31-24(2)12-17-35-26(31)4/h7-12,16-17,21,25,29H,13-15,18-20,22H2,1-6H3,(H,36,40). The highest BCUT2D eigenvalue weighted by Crippen LogP contribution is 2.29. The van der Waals surface area contributed by atoms with Crippen LogP contribution in [0.15, 0.2) is 55.0 Å². The number of nitrogens with zero attached hydrogens (tertiary/aromatic N) is 5. The fourth-order valence-corrected chi connectivity index (χ4v) is 5.52. The first kappa shape index (κ1) is 31.0. The molecule has 1 aliphatic heterocycles. The van der Waals surface area contributed by atoms with Gasteiger partial charge in [0.15, 0.2) is 0 Å². The highest BCUT2D eigenvalue weighted by atomic mass is 16.6. The number of hydrogen-bond donors (Lipinski definition) is 1. The molecule has 1 unspecified atom stereocenters. The van der Waals surface area contributed by atoms with Crippen LogP contribution in [0.2, 0.25) is 0 Å². The molecule has 9 nitrogen and oxygen atoms in total. The number of anilines is 1. The van der Waals surface area contributed by atoms with Crippen LogP contribution in [0, 0.1) is 20.8 Å². The van der Waals surface area contributed by atoms with Crippen molar-refractivity contribution in [2.45, 2.75) is 65.6 Å². The van der Waals surface area contributed by atoms with Gasteiger partial charge >= 0.3 is 6.09 Å². The molecular weight excluding hydrogens is 528 g/mol. The number of hydrogen-bond acceptors (Lipinski definition) is 7. The lowest BCUT2D eigenvalue weighted by atomic mass is 9.99. The van der Waals surface area contributed by atoms with E-state index < -0.39 is 6.09 Å². The molecule has 1 fully saturated rings. The van der Waals surface area contributed by atoms with E-state index in [-0.39, 0.29) is 5.91 Å². The van der Waals surface area contributed by atoms with Gasteiger partial charge in [0.05, 0.1) is 11.3 Å². The van der Waals surface area contributed by atoms with Crippen LogP contribution in [0.5, 0.6) is 5.75 Å². The zero-order valence-corrected chi connectivity index (χ0v) is 25.8. The van der Waals surface area contributed by atoms with Gasteiger partial charge in [0.25, 0.3) is 5.91 Å². The van der Waals surface area contributed by atoms with Crippen molar-refractivity contribution in [2.75, 3.05) is 38.6 Å². The molecule has 0 aliphatic carbocycles. The Morgan fingerprint density at radius 2 is 1.71 bits per heavy atom. The van der Waals surface area contributed by atoms with Crippen molar-refractivity contribution in [1.82, 2.24) is 25.1 Å². The number of rotatable bonds is 10. The Hall–Kier alpha value is -3.98. The summed E-state index contributed by atoms with van der Waals surface area (Å²) in [6.45, 7) is 11.6. The molecule has 2 amide bonds. The minimum atomic E-state index is -0.394. The molecule has 224 valence electrons. The molecule has 0 radical (unpaired) electrons. The van der Waals surface area contributed by atoms with E-state index in [9.17, 15) is 9.59 Å². The minimum Gasteiger partial charge on any atom is -0.410 e. The van der Waals surface area contributed by atoms with Crippen molar-refractivity contribution in [3.63, 3.8) is 0 Å². The summed E-state index contributed by atoms with van der Waals surface area (Å²) in [5, 5.41) is 3.10. The second-order valence-corrected chi connectivity index (χ2v) is 11.4.